The number of nitrogen functional groups attached to an aromatic ring is 1. The number of carboxylic acid groups (broad SMARTS) is 1. The Morgan fingerprint density at radius 2 is 1.62 bits per heavy atom. The molecule has 0 spiro atoms. The number of nitrogens with two attached hydrogens (primary N) is 1. The van der Waals surface area contributed by atoms with Crippen molar-refractivity contribution in [2.24, 2.45) is 0 Å². The highest BCUT2D eigenvalue weighted by Crippen LogP contribution is 2.32. The molecule has 5 aromatic rings. The number of aromatic nitrogens is 4. The Balaban J connectivity index is 0.000000671. The van der Waals surface area contributed by atoms with E-state index in [1.807, 2.05) is 43.3 Å². The smallest absolute Gasteiger partial charge is 0.475 e. The van der Waals surface area contributed by atoms with E-state index in [1.165, 1.54) is 30.3 Å². The van der Waals surface area contributed by atoms with Crippen LogP contribution in [0.15, 0.2) is 77.2 Å². The number of carboxylic acids is 1. The summed E-state index contributed by atoms with van der Waals surface area (Å²) >= 11 is 0. The van der Waals surface area contributed by atoms with Crippen LogP contribution >= 0.6 is 0 Å². The van der Waals surface area contributed by atoms with E-state index in [-0.39, 0.29) is 23.3 Å². The lowest BCUT2D eigenvalue weighted by Crippen LogP contribution is -2.21. The molecule has 4 N–H and O–H groups in total. The van der Waals surface area contributed by atoms with Crippen molar-refractivity contribution in [2.45, 2.75) is 18.9 Å². The Bertz CT molecular complexity index is 1940. The molecule has 0 fully saturated rings. The molecule has 18 heteroatoms. The molecule has 0 atom stereocenters. The zero-order valence-corrected chi connectivity index (χ0v) is 24.8. The molecular weight excluding hydrogens is 655 g/mol. The number of anilines is 2. The van der Waals surface area contributed by atoms with Crippen molar-refractivity contribution in [2.75, 3.05) is 25.1 Å². The number of carbonyl (C=O) groups is 2. The van der Waals surface area contributed by atoms with Gasteiger partial charge in [0.25, 0.3) is 5.91 Å². The fourth-order valence-corrected chi connectivity index (χ4v) is 4.25. The van der Waals surface area contributed by atoms with Gasteiger partial charge in [-0.05, 0) is 61.1 Å². The molecular formula is C30H24F7N7O4. The third-order valence-electron chi connectivity index (χ3n) is 6.29. The molecule has 252 valence electrons. The molecule has 0 aliphatic heterocycles. The van der Waals surface area contributed by atoms with Gasteiger partial charge in [-0.15, -0.1) is 5.10 Å². The van der Waals surface area contributed by atoms with Crippen LogP contribution in [-0.4, -0.2) is 62.1 Å². The number of hydrogen-bond acceptors (Lipinski definition) is 8. The van der Waals surface area contributed by atoms with E-state index in [9.17, 15) is 31.1 Å². The van der Waals surface area contributed by atoms with Crippen LogP contribution in [0.2, 0.25) is 0 Å². The number of nitrogens with zero attached hydrogens (tertiary/aromatic N) is 5. The second-order valence-electron chi connectivity index (χ2n) is 10.2. The lowest BCUT2D eigenvalue weighted by Gasteiger charge is -2.15. The van der Waals surface area contributed by atoms with E-state index in [0.717, 1.165) is 15.8 Å². The van der Waals surface area contributed by atoms with E-state index in [4.69, 9.17) is 20.1 Å². The van der Waals surface area contributed by atoms with Gasteiger partial charge in [0.1, 0.15) is 11.5 Å². The van der Waals surface area contributed by atoms with Gasteiger partial charge in [-0.1, -0.05) is 41.5 Å². The summed E-state index contributed by atoms with van der Waals surface area (Å²) in [4.78, 5) is 24.1. The molecule has 0 saturated heterocycles. The van der Waals surface area contributed by atoms with E-state index < -0.39 is 41.4 Å². The van der Waals surface area contributed by atoms with Gasteiger partial charge in [0.15, 0.2) is 5.69 Å². The highest BCUT2D eigenvalue weighted by Gasteiger charge is 2.38. The second-order valence-corrected chi connectivity index (χ2v) is 10.2. The predicted molar refractivity (Wildman–Crippen MR) is 157 cm³/mol. The fraction of sp³-hybridized carbons (Fsp3) is 0.167. The second kappa shape index (κ2) is 13.9. The molecule has 0 bridgehead atoms. The molecule has 0 unspecified atom stereocenters. The number of nitrogens with one attached hydrogen (secondary N) is 1. The number of alkyl halides is 6. The summed E-state index contributed by atoms with van der Waals surface area (Å²) in [5.41, 5.74) is 6.28. The number of rotatable bonds is 7. The normalized spacial score (nSPS) is 11.6. The minimum Gasteiger partial charge on any atom is -0.475 e. The summed E-state index contributed by atoms with van der Waals surface area (Å²) in [6.07, 6.45) is -9.92. The zero-order valence-electron chi connectivity index (χ0n) is 24.8. The van der Waals surface area contributed by atoms with E-state index in [0.29, 0.717) is 23.7 Å². The van der Waals surface area contributed by atoms with Gasteiger partial charge in [0, 0.05) is 18.2 Å². The van der Waals surface area contributed by atoms with Crippen LogP contribution in [-0.2, 0) is 17.5 Å². The molecule has 1 amide bonds. The molecule has 0 radical (unpaired) electrons. The predicted octanol–water partition coefficient (Wildman–Crippen LogP) is 6.28. The maximum Gasteiger partial charge on any atom is 0.490 e. The average molecular weight is 680 g/mol. The number of hydrogen-bond donors (Lipinski definition) is 3. The van der Waals surface area contributed by atoms with Crippen molar-refractivity contribution >= 4 is 23.6 Å². The third-order valence-corrected chi connectivity index (χ3v) is 6.29. The quantitative estimate of drug-likeness (QED) is 0.169. The maximum absolute atomic E-state index is 15.2. The largest absolute Gasteiger partial charge is 0.490 e. The van der Waals surface area contributed by atoms with Gasteiger partial charge < -0.3 is 25.5 Å². The zero-order chi connectivity index (χ0) is 35.4. The van der Waals surface area contributed by atoms with E-state index in [2.05, 4.69) is 20.6 Å². The van der Waals surface area contributed by atoms with Crippen LogP contribution in [0.4, 0.5) is 42.4 Å². The number of amides is 1. The van der Waals surface area contributed by atoms with Crippen molar-refractivity contribution in [3.8, 4) is 28.3 Å². The van der Waals surface area contributed by atoms with Crippen molar-refractivity contribution in [1.82, 2.24) is 24.9 Å². The summed E-state index contributed by atoms with van der Waals surface area (Å²) < 4.78 is 93.7. The number of halogens is 7. The minimum atomic E-state index is -5.08. The summed E-state index contributed by atoms with van der Waals surface area (Å²) in [7, 11) is 3.84. The van der Waals surface area contributed by atoms with Gasteiger partial charge in [0.2, 0.25) is 5.89 Å². The SMILES string of the molecule is CN(C)Cc1ccccc1-c1ccc(NC(=O)c2cc(C(F)(F)F)nn2-c2cccc(-c3nnc(N)o3)c2)c(F)c1.O=C(O)C(F)(F)F. The van der Waals surface area contributed by atoms with Gasteiger partial charge >= 0.3 is 24.3 Å². The fourth-order valence-electron chi connectivity index (χ4n) is 4.25. The van der Waals surface area contributed by atoms with Gasteiger partial charge in [-0.25, -0.2) is 13.9 Å². The van der Waals surface area contributed by atoms with Crippen LogP contribution in [0.5, 0.6) is 0 Å². The molecule has 2 heterocycles. The van der Waals surface area contributed by atoms with Crippen molar-refractivity contribution in [3.63, 3.8) is 0 Å². The molecule has 11 nitrogen and oxygen atoms in total. The third kappa shape index (κ3) is 8.52. The van der Waals surface area contributed by atoms with Crippen LogP contribution in [0.1, 0.15) is 21.7 Å². The van der Waals surface area contributed by atoms with Crippen LogP contribution in [0.25, 0.3) is 28.3 Å². The summed E-state index contributed by atoms with van der Waals surface area (Å²) in [6, 6.07) is 18.1. The monoisotopic (exact) mass is 679 g/mol. The first kappa shape index (κ1) is 35.1. The van der Waals surface area contributed by atoms with Crippen molar-refractivity contribution < 1.29 is 49.8 Å². The Labute approximate surface area is 266 Å². The minimum absolute atomic E-state index is 0.0212. The standard InChI is InChI=1S/C28H23F4N7O2.C2HF3O2/c1-38(2)15-18-6-3-4-9-20(18)16-10-11-22(21(29)13-16)34-25(40)23-14-24(28(30,31)32)37-39(23)19-8-5-7-17(12-19)26-35-36-27(33)41-26;3-2(4,5)1(6)7/h3-14H,15H2,1-2H3,(H2,33,36)(H,34,40);(H,6,7). The number of aliphatic carboxylic acids is 1. The summed E-state index contributed by atoms with van der Waals surface area (Å²) in [6.45, 7) is 0.628. The van der Waals surface area contributed by atoms with Crippen LogP contribution < -0.4 is 11.1 Å². The van der Waals surface area contributed by atoms with Gasteiger partial charge in [-0.3, -0.25) is 4.79 Å². The first-order chi connectivity index (χ1) is 22.4. The summed E-state index contributed by atoms with van der Waals surface area (Å²) in [5, 5.41) is 20.4. The Kier molecular flexibility index (Phi) is 10.2. The highest BCUT2D eigenvalue weighted by molar-refractivity contribution is 6.03. The highest BCUT2D eigenvalue weighted by atomic mass is 19.4. The molecule has 3 aromatic carbocycles. The van der Waals surface area contributed by atoms with E-state index in [1.54, 1.807) is 12.1 Å². The number of benzene rings is 3. The lowest BCUT2D eigenvalue weighted by molar-refractivity contribution is -0.192. The van der Waals surface area contributed by atoms with Gasteiger partial charge in [-0.2, -0.15) is 31.4 Å². The topological polar surface area (TPSA) is 152 Å². The molecule has 0 aliphatic carbocycles. The maximum atomic E-state index is 15.2. The number of carbonyl (C=O) groups excluding carboxylic acids is 1. The molecule has 2 aromatic heterocycles. The molecule has 5 rings (SSSR count). The summed E-state index contributed by atoms with van der Waals surface area (Å²) in [5.74, 6) is -4.49. The van der Waals surface area contributed by atoms with E-state index >= 15 is 4.39 Å². The first-order valence-corrected chi connectivity index (χ1v) is 13.4. The Morgan fingerprint density at radius 1 is 0.938 bits per heavy atom. The average Bonchev–Trinajstić information content (AvgIpc) is 3.65. The van der Waals surface area contributed by atoms with Crippen molar-refractivity contribution in [3.05, 3.63) is 95.6 Å². The first-order valence-electron chi connectivity index (χ1n) is 13.4. The molecule has 48 heavy (non-hydrogen) atoms. The molecule has 0 aliphatic rings. The lowest BCUT2D eigenvalue weighted by atomic mass is 9.99. The Morgan fingerprint density at radius 3 is 2.21 bits per heavy atom. The molecule has 0 saturated carbocycles. The van der Waals surface area contributed by atoms with Crippen LogP contribution in [0, 0.1) is 5.82 Å². The van der Waals surface area contributed by atoms with Gasteiger partial charge in [0.05, 0.1) is 11.4 Å². The van der Waals surface area contributed by atoms with Crippen molar-refractivity contribution in [1.29, 1.82) is 0 Å². The van der Waals surface area contributed by atoms with Crippen LogP contribution in [0.3, 0.4) is 0 Å². The Hall–Kier alpha value is -5.78.